The SMILES string of the molecule is Cc1c2c(-c3ccco3)cc(-c3ccco3)c1-c1cc3oc4ccccc4c3cc1Nc1c[c-]c(-c3ccccn3)cc1-2.[Ir].[c-]1ccccc1-c1ccccn1. The van der Waals surface area contributed by atoms with Gasteiger partial charge in [-0.1, -0.05) is 48.0 Å². The number of hydrogen-bond acceptors (Lipinski definition) is 6. The standard InChI is InChI=1S/C38H23N2O3.C11H8N.Ir/c1-22-37-26-18-23(30-9-4-5-15-39-30)13-14-31(26)40-32-20-25-24-8-2-3-10-35(24)43-36(25)21-27(32)38(22)29(34-12-7-17-42-34)19-28(37)33-11-6-16-41-33;1-2-6-10(7-3-1)11-8-4-5-9-12-11;/h2-12,14-21,40H,1H3;1-6,8-9H;/q2*-1;. The van der Waals surface area contributed by atoms with Gasteiger partial charge in [-0.3, -0.25) is 0 Å². The molecule has 0 saturated heterocycles. The number of anilines is 2. The molecule has 0 saturated carbocycles. The van der Waals surface area contributed by atoms with E-state index in [1.165, 1.54) is 0 Å². The van der Waals surface area contributed by atoms with Crippen molar-refractivity contribution >= 4 is 33.3 Å². The van der Waals surface area contributed by atoms with E-state index in [1.54, 1.807) is 18.7 Å². The number of hydrogen-bond donors (Lipinski definition) is 1. The minimum absolute atomic E-state index is 0. The molecule has 6 heterocycles. The third-order valence-corrected chi connectivity index (χ3v) is 10.0. The van der Waals surface area contributed by atoms with E-state index in [9.17, 15) is 0 Å². The molecule has 0 atom stereocenters. The monoisotopic (exact) mass is 902 g/mol. The summed E-state index contributed by atoms with van der Waals surface area (Å²) in [5.74, 6) is 1.56. The normalized spacial score (nSPS) is 11.3. The van der Waals surface area contributed by atoms with Gasteiger partial charge in [0.05, 0.1) is 12.5 Å². The Morgan fingerprint density at radius 2 is 1.20 bits per heavy atom. The zero-order chi connectivity index (χ0) is 36.7. The van der Waals surface area contributed by atoms with Crippen LogP contribution in [0.4, 0.5) is 11.4 Å². The van der Waals surface area contributed by atoms with Crippen molar-refractivity contribution in [1.29, 1.82) is 0 Å². The van der Waals surface area contributed by atoms with Gasteiger partial charge in [-0.15, -0.1) is 59.7 Å². The number of pyridine rings is 2. The maximum Gasteiger partial charge on any atom is 0.136 e. The Morgan fingerprint density at radius 1 is 0.536 bits per heavy atom. The number of furan rings is 3. The summed E-state index contributed by atoms with van der Waals surface area (Å²) in [7, 11) is 0. The molecule has 5 aromatic heterocycles. The van der Waals surface area contributed by atoms with E-state index < -0.39 is 0 Å². The Morgan fingerprint density at radius 3 is 1.84 bits per heavy atom. The fourth-order valence-electron chi connectivity index (χ4n) is 7.54. The van der Waals surface area contributed by atoms with E-state index in [0.29, 0.717) is 0 Å². The molecule has 0 spiro atoms. The number of nitrogens with zero attached hydrogens (tertiary/aromatic N) is 2. The molecule has 1 radical (unpaired) electrons. The number of para-hydroxylation sites is 1. The molecule has 2 bridgehead atoms. The van der Waals surface area contributed by atoms with Gasteiger partial charge in [-0.05, 0) is 101 Å². The Labute approximate surface area is 336 Å². The summed E-state index contributed by atoms with van der Waals surface area (Å²) in [6.45, 7) is 2.18. The van der Waals surface area contributed by atoms with Crippen LogP contribution in [-0.4, -0.2) is 9.97 Å². The summed E-state index contributed by atoms with van der Waals surface area (Å²) in [6.07, 6.45) is 7.03. The van der Waals surface area contributed by atoms with Gasteiger partial charge in [0.2, 0.25) is 0 Å². The molecular weight excluding hydrogens is 871 g/mol. The summed E-state index contributed by atoms with van der Waals surface area (Å²) in [4.78, 5) is 8.83. The molecule has 56 heavy (non-hydrogen) atoms. The van der Waals surface area contributed by atoms with Crippen molar-refractivity contribution in [2.24, 2.45) is 0 Å². The van der Waals surface area contributed by atoms with Crippen molar-refractivity contribution in [1.82, 2.24) is 9.97 Å². The molecule has 271 valence electrons. The van der Waals surface area contributed by atoms with Crippen molar-refractivity contribution in [2.45, 2.75) is 6.92 Å². The summed E-state index contributed by atoms with van der Waals surface area (Å²) in [6, 6.07) is 53.0. The second-order valence-corrected chi connectivity index (χ2v) is 13.3. The third kappa shape index (κ3) is 6.23. The van der Waals surface area contributed by atoms with Gasteiger partial charge in [0.25, 0.3) is 0 Å². The summed E-state index contributed by atoms with van der Waals surface area (Å²) in [5.41, 5.74) is 14.7. The van der Waals surface area contributed by atoms with Crippen LogP contribution in [0, 0.1) is 19.1 Å². The molecule has 10 aromatic rings. The van der Waals surface area contributed by atoms with Gasteiger partial charge in [0, 0.05) is 65.6 Å². The fraction of sp³-hybridized carbons (Fsp3) is 0.0204. The first-order chi connectivity index (χ1) is 27.2. The molecule has 1 aliphatic heterocycles. The van der Waals surface area contributed by atoms with Crippen molar-refractivity contribution in [3.63, 3.8) is 0 Å². The van der Waals surface area contributed by atoms with Crippen LogP contribution in [0.1, 0.15) is 5.56 Å². The smallest absolute Gasteiger partial charge is 0.136 e. The molecule has 11 rings (SSSR count). The zero-order valence-electron chi connectivity index (χ0n) is 30.0. The molecule has 0 unspecified atom stereocenters. The second-order valence-electron chi connectivity index (χ2n) is 13.3. The molecule has 0 aliphatic carbocycles. The number of fused-ring (bicyclic) bond motifs is 9. The molecule has 1 aliphatic rings. The molecule has 5 aromatic carbocycles. The van der Waals surface area contributed by atoms with Crippen LogP contribution < -0.4 is 5.32 Å². The Hall–Kier alpha value is -6.79. The van der Waals surface area contributed by atoms with E-state index >= 15 is 0 Å². The first-order valence-corrected chi connectivity index (χ1v) is 18.0. The van der Waals surface area contributed by atoms with Crippen LogP contribution in [0.15, 0.2) is 178 Å². The van der Waals surface area contributed by atoms with Crippen molar-refractivity contribution in [2.75, 3.05) is 5.32 Å². The molecule has 0 fully saturated rings. The van der Waals surface area contributed by atoms with E-state index in [0.717, 1.165) is 106 Å². The zero-order valence-corrected chi connectivity index (χ0v) is 32.4. The van der Waals surface area contributed by atoms with Crippen LogP contribution >= 0.6 is 0 Å². The van der Waals surface area contributed by atoms with Crippen LogP contribution in [0.25, 0.3) is 89.4 Å². The average Bonchev–Trinajstić information content (AvgIpc) is 4.05. The Balaban J connectivity index is 0.000000270. The first-order valence-electron chi connectivity index (χ1n) is 18.0. The van der Waals surface area contributed by atoms with Gasteiger partial charge in [-0.2, -0.15) is 0 Å². The van der Waals surface area contributed by atoms with Gasteiger partial charge in [-0.25, -0.2) is 0 Å². The van der Waals surface area contributed by atoms with Gasteiger partial charge in [0.15, 0.2) is 0 Å². The van der Waals surface area contributed by atoms with Crippen LogP contribution in [-0.2, 0) is 20.1 Å². The van der Waals surface area contributed by atoms with Crippen LogP contribution in [0.5, 0.6) is 0 Å². The maximum absolute atomic E-state index is 6.37. The summed E-state index contributed by atoms with van der Waals surface area (Å²) in [5, 5.41) is 5.94. The van der Waals surface area contributed by atoms with Gasteiger partial charge < -0.3 is 28.5 Å². The molecule has 0 amide bonds. The molecular formula is C49H31IrN3O3-2. The van der Waals surface area contributed by atoms with E-state index in [4.69, 9.17) is 13.3 Å². The molecule has 7 heteroatoms. The maximum atomic E-state index is 6.37. The first kappa shape index (κ1) is 34.9. The van der Waals surface area contributed by atoms with E-state index in [-0.39, 0.29) is 20.1 Å². The van der Waals surface area contributed by atoms with Crippen molar-refractivity contribution in [3.05, 3.63) is 182 Å². The second kappa shape index (κ2) is 14.8. The number of rotatable bonds is 4. The van der Waals surface area contributed by atoms with Crippen LogP contribution in [0.3, 0.4) is 0 Å². The third-order valence-electron chi connectivity index (χ3n) is 10.0. The van der Waals surface area contributed by atoms with Crippen LogP contribution in [0.2, 0.25) is 0 Å². The average molecular weight is 902 g/mol. The largest absolute Gasteiger partial charge is 0.464 e. The summed E-state index contributed by atoms with van der Waals surface area (Å²) >= 11 is 0. The van der Waals surface area contributed by atoms with Crippen molar-refractivity contribution < 1.29 is 33.4 Å². The predicted octanol–water partition coefficient (Wildman–Crippen LogP) is 13.2. The molecule has 6 nitrogen and oxygen atoms in total. The molecule has 1 N–H and O–H groups in total. The van der Waals surface area contributed by atoms with Gasteiger partial charge >= 0.3 is 0 Å². The number of nitrogens with one attached hydrogen (secondary N) is 1. The minimum Gasteiger partial charge on any atom is -0.464 e. The Bertz CT molecular complexity index is 2900. The number of aromatic nitrogens is 2. The fourth-order valence-corrected chi connectivity index (χ4v) is 7.54. The Kier molecular flexibility index (Phi) is 9.23. The quantitative estimate of drug-likeness (QED) is 0.177. The van der Waals surface area contributed by atoms with E-state index in [1.807, 2.05) is 115 Å². The number of benzene rings is 5. The minimum atomic E-state index is 0. The van der Waals surface area contributed by atoms with Crippen molar-refractivity contribution in [3.8, 4) is 67.4 Å². The predicted molar refractivity (Wildman–Crippen MR) is 219 cm³/mol. The summed E-state index contributed by atoms with van der Waals surface area (Å²) < 4.78 is 18.4. The topological polar surface area (TPSA) is 77.2 Å². The van der Waals surface area contributed by atoms with Gasteiger partial charge in [0.1, 0.15) is 22.7 Å². The van der Waals surface area contributed by atoms with E-state index in [2.05, 4.69) is 64.7 Å².